The first kappa shape index (κ1) is 8.84. The molecule has 1 rings (SSSR count). The summed E-state index contributed by atoms with van der Waals surface area (Å²) in [7, 11) is 0. The number of alkyl halides is 3. The van der Waals surface area contributed by atoms with Crippen molar-refractivity contribution in [2.45, 2.75) is 38.0 Å². The maximum atomic E-state index is 12.1. The fourth-order valence-corrected chi connectivity index (χ4v) is 1.52. The van der Waals surface area contributed by atoms with Gasteiger partial charge in [0.2, 0.25) is 0 Å². The summed E-state index contributed by atoms with van der Waals surface area (Å²) in [4.78, 5) is 0. The van der Waals surface area contributed by atoms with Gasteiger partial charge in [0.05, 0.1) is 0 Å². The molecule has 0 aromatic carbocycles. The zero-order chi connectivity index (χ0) is 8.70. The maximum absolute atomic E-state index is 12.1. The van der Waals surface area contributed by atoms with Crippen LogP contribution >= 0.6 is 0 Å². The van der Waals surface area contributed by atoms with Crippen molar-refractivity contribution >= 4 is 0 Å². The van der Waals surface area contributed by atoms with Gasteiger partial charge in [0.25, 0.3) is 0 Å². The molecule has 0 radical (unpaired) electrons. The van der Waals surface area contributed by atoms with Crippen molar-refractivity contribution in [2.75, 3.05) is 0 Å². The van der Waals surface area contributed by atoms with Crippen LogP contribution in [0.15, 0.2) is 0 Å². The van der Waals surface area contributed by atoms with Crippen molar-refractivity contribution in [3.63, 3.8) is 0 Å². The summed E-state index contributed by atoms with van der Waals surface area (Å²) in [6.07, 6.45) is -4.26. The summed E-state index contributed by atoms with van der Waals surface area (Å²) in [5.41, 5.74) is -2.40. The molecule has 1 aliphatic carbocycles. The van der Waals surface area contributed by atoms with E-state index >= 15 is 0 Å². The summed E-state index contributed by atoms with van der Waals surface area (Å²) in [6.45, 7) is 1.73. The minimum atomic E-state index is -4.45. The Bertz CT molecular complexity index is 154. The molecule has 11 heavy (non-hydrogen) atoms. The first-order valence-electron chi connectivity index (χ1n) is 3.64. The molecular weight excluding hydrogens is 157 g/mol. The number of halogens is 3. The predicted octanol–water partition coefficient (Wildman–Crippen LogP) is 2.10. The van der Waals surface area contributed by atoms with Crippen LogP contribution in [0.2, 0.25) is 0 Å². The van der Waals surface area contributed by atoms with E-state index < -0.39 is 11.8 Å². The predicted molar refractivity (Wildman–Crippen MR) is 34.0 cm³/mol. The molecule has 0 heterocycles. The third kappa shape index (κ3) is 1.50. The first-order chi connectivity index (χ1) is 4.85. The molecule has 1 nitrogen and oxygen atoms in total. The number of aliphatic hydroxyl groups is 1. The first-order valence-corrected chi connectivity index (χ1v) is 3.64. The van der Waals surface area contributed by atoms with Gasteiger partial charge >= 0.3 is 6.18 Å². The molecule has 4 heteroatoms. The van der Waals surface area contributed by atoms with E-state index in [9.17, 15) is 13.2 Å². The highest BCUT2D eigenvalue weighted by atomic mass is 19.4. The van der Waals surface area contributed by atoms with E-state index in [0.29, 0.717) is 6.42 Å². The van der Waals surface area contributed by atoms with E-state index in [4.69, 9.17) is 5.11 Å². The molecular formula is C7H11F3O. The standard InChI is InChI=1S/C7H11F3O/c1-5-2-3-6(11,4-5)7(8,9)10/h5,11H,2-4H2,1H3/t5-,6-/m0/s1. The zero-order valence-electron chi connectivity index (χ0n) is 6.28. The lowest BCUT2D eigenvalue weighted by Gasteiger charge is -2.25. The molecule has 0 amide bonds. The molecule has 0 aromatic heterocycles. The van der Waals surface area contributed by atoms with Crippen LogP contribution in [-0.4, -0.2) is 16.9 Å². The fourth-order valence-electron chi connectivity index (χ4n) is 1.52. The smallest absolute Gasteiger partial charge is 0.380 e. The number of hydrogen-bond donors (Lipinski definition) is 1. The highest BCUT2D eigenvalue weighted by Crippen LogP contribution is 2.44. The average molecular weight is 168 g/mol. The monoisotopic (exact) mass is 168 g/mol. The summed E-state index contributed by atoms with van der Waals surface area (Å²) < 4.78 is 36.2. The van der Waals surface area contributed by atoms with Gasteiger partial charge in [-0.05, 0) is 25.2 Å². The van der Waals surface area contributed by atoms with Gasteiger partial charge in [-0.25, -0.2) is 0 Å². The van der Waals surface area contributed by atoms with Gasteiger partial charge in [0.1, 0.15) is 0 Å². The van der Waals surface area contributed by atoms with Crippen LogP contribution in [0.3, 0.4) is 0 Å². The van der Waals surface area contributed by atoms with Gasteiger partial charge < -0.3 is 5.11 Å². The largest absolute Gasteiger partial charge is 0.417 e. The van der Waals surface area contributed by atoms with Gasteiger partial charge in [0.15, 0.2) is 5.60 Å². The molecule has 66 valence electrons. The molecule has 0 aliphatic heterocycles. The molecule has 2 atom stereocenters. The van der Waals surface area contributed by atoms with Crippen molar-refractivity contribution in [3.8, 4) is 0 Å². The van der Waals surface area contributed by atoms with Gasteiger partial charge in [-0.3, -0.25) is 0 Å². The summed E-state index contributed by atoms with van der Waals surface area (Å²) >= 11 is 0. The minimum absolute atomic E-state index is 0.0124. The molecule has 0 bridgehead atoms. The van der Waals surface area contributed by atoms with E-state index in [1.165, 1.54) is 0 Å². The van der Waals surface area contributed by atoms with Crippen LogP contribution < -0.4 is 0 Å². The van der Waals surface area contributed by atoms with Crippen molar-refractivity contribution < 1.29 is 18.3 Å². The summed E-state index contributed by atoms with van der Waals surface area (Å²) in [6, 6.07) is 0. The van der Waals surface area contributed by atoms with Gasteiger partial charge in [-0.15, -0.1) is 0 Å². The van der Waals surface area contributed by atoms with Crippen LogP contribution in [0, 0.1) is 5.92 Å². The van der Waals surface area contributed by atoms with Crippen molar-refractivity contribution in [3.05, 3.63) is 0 Å². The lowest BCUT2D eigenvalue weighted by Crippen LogP contribution is -2.42. The van der Waals surface area contributed by atoms with Gasteiger partial charge in [0, 0.05) is 0 Å². The Hall–Kier alpha value is -0.250. The van der Waals surface area contributed by atoms with Crippen LogP contribution in [-0.2, 0) is 0 Å². The van der Waals surface area contributed by atoms with Crippen molar-refractivity contribution in [1.29, 1.82) is 0 Å². The van der Waals surface area contributed by atoms with E-state index in [1.54, 1.807) is 6.92 Å². The third-order valence-corrected chi connectivity index (χ3v) is 2.26. The van der Waals surface area contributed by atoms with Crippen LogP contribution in [0.5, 0.6) is 0 Å². The molecule has 1 N–H and O–H groups in total. The van der Waals surface area contributed by atoms with Crippen molar-refractivity contribution in [1.82, 2.24) is 0 Å². The van der Waals surface area contributed by atoms with Crippen LogP contribution in [0.1, 0.15) is 26.2 Å². The van der Waals surface area contributed by atoms with E-state index in [1.807, 2.05) is 0 Å². The lowest BCUT2D eigenvalue weighted by atomic mass is 10.0. The summed E-state index contributed by atoms with van der Waals surface area (Å²) in [5, 5.41) is 9.07. The van der Waals surface area contributed by atoms with Crippen molar-refractivity contribution in [2.24, 2.45) is 5.92 Å². The molecule has 1 aliphatic rings. The Labute approximate surface area is 63.2 Å². The Morgan fingerprint density at radius 1 is 1.45 bits per heavy atom. The third-order valence-electron chi connectivity index (χ3n) is 2.26. The van der Waals surface area contributed by atoms with E-state index in [-0.39, 0.29) is 18.8 Å². The second-order valence-electron chi connectivity index (χ2n) is 3.38. The highest BCUT2D eigenvalue weighted by Gasteiger charge is 2.56. The SMILES string of the molecule is C[C@H]1CC[C@@](O)(C(F)(F)F)C1. The molecule has 0 unspecified atom stereocenters. The topological polar surface area (TPSA) is 20.2 Å². The molecule has 0 aromatic rings. The fraction of sp³-hybridized carbons (Fsp3) is 1.00. The Kier molecular flexibility index (Phi) is 1.90. The van der Waals surface area contributed by atoms with Gasteiger partial charge in [-0.1, -0.05) is 6.92 Å². The Morgan fingerprint density at radius 3 is 2.18 bits per heavy atom. The Balaban J connectivity index is 2.69. The molecule has 1 saturated carbocycles. The summed E-state index contributed by atoms with van der Waals surface area (Å²) in [5.74, 6) is -0.0124. The van der Waals surface area contributed by atoms with E-state index in [2.05, 4.69) is 0 Å². The average Bonchev–Trinajstić information content (AvgIpc) is 2.10. The minimum Gasteiger partial charge on any atom is -0.380 e. The van der Waals surface area contributed by atoms with Crippen LogP contribution in [0.25, 0.3) is 0 Å². The highest BCUT2D eigenvalue weighted by molar-refractivity contribution is 4.93. The second kappa shape index (κ2) is 2.37. The number of hydrogen-bond acceptors (Lipinski definition) is 1. The van der Waals surface area contributed by atoms with Gasteiger partial charge in [-0.2, -0.15) is 13.2 Å². The quantitative estimate of drug-likeness (QED) is 0.587. The second-order valence-corrected chi connectivity index (χ2v) is 3.38. The molecule has 0 spiro atoms. The van der Waals surface area contributed by atoms with Crippen LogP contribution in [0.4, 0.5) is 13.2 Å². The van der Waals surface area contributed by atoms with E-state index in [0.717, 1.165) is 0 Å². The zero-order valence-corrected chi connectivity index (χ0v) is 6.28. The lowest BCUT2D eigenvalue weighted by molar-refractivity contribution is -0.258. The Morgan fingerprint density at radius 2 is 2.00 bits per heavy atom. The number of rotatable bonds is 0. The normalized spacial score (nSPS) is 39.5. The molecule has 0 saturated heterocycles. The maximum Gasteiger partial charge on any atom is 0.417 e. The molecule has 1 fully saturated rings.